The molecule has 1 aromatic rings. The second kappa shape index (κ2) is 9.05. The van der Waals surface area contributed by atoms with E-state index in [-0.39, 0.29) is 23.5 Å². The molecule has 7 heteroatoms. The van der Waals surface area contributed by atoms with E-state index in [0.29, 0.717) is 13.0 Å². The van der Waals surface area contributed by atoms with E-state index in [1.807, 2.05) is 6.26 Å². The number of aliphatic hydroxyl groups is 1. The first kappa shape index (κ1) is 18.0. The van der Waals surface area contributed by atoms with E-state index in [2.05, 4.69) is 16.6 Å². The van der Waals surface area contributed by atoms with E-state index in [9.17, 15) is 12.8 Å². The molecule has 1 aromatic carbocycles. The van der Waals surface area contributed by atoms with Gasteiger partial charge in [0.05, 0.1) is 11.5 Å². The van der Waals surface area contributed by atoms with Gasteiger partial charge >= 0.3 is 0 Å². The summed E-state index contributed by atoms with van der Waals surface area (Å²) in [6.45, 7) is 0.196. The van der Waals surface area contributed by atoms with Gasteiger partial charge in [0.2, 0.25) is 10.0 Å². The molecule has 0 radical (unpaired) electrons. The largest absolute Gasteiger partial charge is 0.395 e. The first-order valence-electron chi connectivity index (χ1n) is 6.39. The Balaban J connectivity index is 2.97. The van der Waals surface area contributed by atoms with Crippen molar-refractivity contribution in [3.05, 3.63) is 29.6 Å². The van der Waals surface area contributed by atoms with Crippen molar-refractivity contribution in [2.75, 3.05) is 25.2 Å². The minimum atomic E-state index is -3.72. The molecule has 0 bridgehead atoms. The molecule has 1 rings (SSSR count). The van der Waals surface area contributed by atoms with Crippen LogP contribution in [0.2, 0.25) is 0 Å². The van der Waals surface area contributed by atoms with Crippen molar-refractivity contribution in [3.63, 3.8) is 0 Å². The highest BCUT2D eigenvalue weighted by Gasteiger charge is 2.17. The van der Waals surface area contributed by atoms with Gasteiger partial charge in [-0.3, -0.25) is 0 Å². The first-order valence-corrected chi connectivity index (χ1v) is 9.27. The van der Waals surface area contributed by atoms with E-state index in [1.165, 1.54) is 6.07 Å². The average Bonchev–Trinajstić information content (AvgIpc) is 2.44. The molecule has 21 heavy (non-hydrogen) atoms. The third-order valence-corrected chi connectivity index (χ3v) is 4.72. The fourth-order valence-corrected chi connectivity index (χ4v) is 3.20. The third kappa shape index (κ3) is 6.06. The summed E-state index contributed by atoms with van der Waals surface area (Å²) in [5.41, 5.74) is 0.0980. The van der Waals surface area contributed by atoms with Crippen LogP contribution in [0.15, 0.2) is 23.1 Å². The van der Waals surface area contributed by atoms with E-state index in [0.717, 1.165) is 17.9 Å². The Morgan fingerprint density at radius 3 is 2.86 bits per heavy atom. The molecule has 0 aliphatic rings. The maximum Gasteiger partial charge on any atom is 0.241 e. The highest BCUT2D eigenvalue weighted by Crippen LogP contribution is 2.16. The summed E-state index contributed by atoms with van der Waals surface area (Å²) in [7, 11) is -3.72. The van der Waals surface area contributed by atoms with Gasteiger partial charge in [0.15, 0.2) is 0 Å². The summed E-state index contributed by atoms with van der Waals surface area (Å²) >= 11 is 1.64. The molecule has 0 atom stereocenters. The lowest BCUT2D eigenvalue weighted by Gasteiger charge is -2.08. The minimum absolute atomic E-state index is 0.0431. The number of halogens is 1. The number of nitrogens with one attached hydrogen (secondary N) is 1. The molecule has 116 valence electrons. The summed E-state index contributed by atoms with van der Waals surface area (Å²) in [5, 5.41) is 8.69. The van der Waals surface area contributed by atoms with Crippen molar-refractivity contribution < 1.29 is 17.9 Å². The van der Waals surface area contributed by atoms with Gasteiger partial charge in [-0.1, -0.05) is 11.8 Å². The molecule has 0 heterocycles. The predicted octanol–water partition coefficient (Wildman–Crippen LogP) is 1.59. The number of rotatable bonds is 7. The van der Waals surface area contributed by atoms with Crippen molar-refractivity contribution in [1.82, 2.24) is 4.72 Å². The van der Waals surface area contributed by atoms with Crippen molar-refractivity contribution in [1.29, 1.82) is 0 Å². The van der Waals surface area contributed by atoms with Crippen molar-refractivity contribution in [2.45, 2.75) is 17.7 Å². The summed E-state index contributed by atoms with van der Waals surface area (Å²) in [6.07, 6.45) is 2.87. The molecule has 0 fully saturated rings. The quantitative estimate of drug-likeness (QED) is 0.588. The van der Waals surface area contributed by atoms with Crippen LogP contribution in [-0.4, -0.2) is 38.7 Å². The zero-order valence-electron chi connectivity index (χ0n) is 11.7. The van der Waals surface area contributed by atoms with Gasteiger partial charge in [-0.2, -0.15) is 11.8 Å². The molecule has 0 saturated heterocycles. The number of benzene rings is 1. The Labute approximate surface area is 129 Å². The van der Waals surface area contributed by atoms with Crippen LogP contribution < -0.4 is 4.72 Å². The Kier molecular flexibility index (Phi) is 7.75. The normalized spacial score (nSPS) is 11.0. The van der Waals surface area contributed by atoms with Crippen LogP contribution in [0.25, 0.3) is 0 Å². The lowest BCUT2D eigenvalue weighted by atomic mass is 10.2. The standard InChI is InChI=1S/C14H18FNO3S2/c1-20-10-4-8-16-21(18,19)14-7-6-13(15)11-12(14)5-2-3-9-17/h6-7,11,16-17H,3-4,8-10H2,1H3. The van der Waals surface area contributed by atoms with Gasteiger partial charge in [-0.25, -0.2) is 17.5 Å². The minimum Gasteiger partial charge on any atom is -0.395 e. The summed E-state index contributed by atoms with van der Waals surface area (Å²) in [6, 6.07) is 3.38. The SMILES string of the molecule is CSCCCNS(=O)(=O)c1ccc(F)cc1C#CCCO. The van der Waals surface area contributed by atoms with Gasteiger partial charge in [0.25, 0.3) is 0 Å². The molecule has 0 unspecified atom stereocenters. The predicted molar refractivity (Wildman–Crippen MR) is 83.2 cm³/mol. The molecular formula is C14H18FNO3S2. The topological polar surface area (TPSA) is 66.4 Å². The summed E-state index contributed by atoms with van der Waals surface area (Å²) in [5.74, 6) is 5.50. The maximum absolute atomic E-state index is 13.3. The van der Waals surface area contributed by atoms with Crippen LogP contribution in [0.4, 0.5) is 4.39 Å². The van der Waals surface area contributed by atoms with Crippen LogP contribution in [0.5, 0.6) is 0 Å². The van der Waals surface area contributed by atoms with Crippen molar-refractivity contribution >= 4 is 21.8 Å². The van der Waals surface area contributed by atoms with E-state index < -0.39 is 15.8 Å². The second-order valence-electron chi connectivity index (χ2n) is 4.16. The number of sulfonamides is 1. The Morgan fingerprint density at radius 1 is 1.43 bits per heavy atom. The molecule has 0 aliphatic carbocycles. The number of thioether (sulfide) groups is 1. The fourth-order valence-electron chi connectivity index (χ4n) is 1.55. The van der Waals surface area contributed by atoms with Crippen LogP contribution in [0.3, 0.4) is 0 Å². The monoisotopic (exact) mass is 331 g/mol. The van der Waals surface area contributed by atoms with E-state index >= 15 is 0 Å². The van der Waals surface area contributed by atoms with E-state index in [4.69, 9.17) is 5.11 Å². The van der Waals surface area contributed by atoms with E-state index in [1.54, 1.807) is 11.8 Å². The lowest BCUT2D eigenvalue weighted by molar-refractivity contribution is 0.305. The van der Waals surface area contributed by atoms with Gasteiger partial charge in [0.1, 0.15) is 5.82 Å². The van der Waals surface area contributed by atoms with Crippen molar-refractivity contribution in [3.8, 4) is 11.8 Å². The molecular weight excluding hydrogens is 313 g/mol. The molecule has 2 N–H and O–H groups in total. The van der Waals surface area contributed by atoms with Gasteiger partial charge in [-0.05, 0) is 36.6 Å². The molecule has 0 saturated carbocycles. The van der Waals surface area contributed by atoms with Gasteiger partial charge in [0, 0.05) is 18.5 Å². The van der Waals surface area contributed by atoms with Crippen LogP contribution >= 0.6 is 11.8 Å². The third-order valence-electron chi connectivity index (χ3n) is 2.51. The smallest absolute Gasteiger partial charge is 0.241 e. The second-order valence-corrected chi connectivity index (χ2v) is 6.88. The van der Waals surface area contributed by atoms with Crippen LogP contribution in [-0.2, 0) is 10.0 Å². The number of hydrogen-bond donors (Lipinski definition) is 2. The van der Waals surface area contributed by atoms with Crippen LogP contribution in [0, 0.1) is 17.7 Å². The lowest BCUT2D eigenvalue weighted by Crippen LogP contribution is -2.26. The maximum atomic E-state index is 13.3. The van der Waals surface area contributed by atoms with Crippen LogP contribution in [0.1, 0.15) is 18.4 Å². The molecule has 0 aromatic heterocycles. The first-order chi connectivity index (χ1) is 10.0. The zero-order valence-corrected chi connectivity index (χ0v) is 13.4. The molecule has 0 aliphatic heterocycles. The fraction of sp³-hybridized carbons (Fsp3) is 0.429. The van der Waals surface area contributed by atoms with Crippen molar-refractivity contribution in [2.24, 2.45) is 0 Å². The Bertz CT molecular complexity index is 621. The highest BCUT2D eigenvalue weighted by atomic mass is 32.2. The Morgan fingerprint density at radius 2 is 2.19 bits per heavy atom. The summed E-state index contributed by atoms with van der Waals surface area (Å²) < 4.78 is 40.1. The molecule has 0 spiro atoms. The molecule has 4 nitrogen and oxygen atoms in total. The average molecular weight is 331 g/mol. The number of hydrogen-bond acceptors (Lipinski definition) is 4. The number of aliphatic hydroxyl groups excluding tert-OH is 1. The Hall–Kier alpha value is -1.07. The van der Waals surface area contributed by atoms with Gasteiger partial charge < -0.3 is 5.11 Å². The zero-order chi connectivity index (χ0) is 15.7. The highest BCUT2D eigenvalue weighted by molar-refractivity contribution is 7.98. The summed E-state index contributed by atoms with van der Waals surface area (Å²) in [4.78, 5) is -0.0431. The molecule has 0 amide bonds. The van der Waals surface area contributed by atoms with Gasteiger partial charge in [-0.15, -0.1) is 0 Å².